The molecule has 0 spiro atoms. The zero-order valence-electron chi connectivity index (χ0n) is 15.5. The SMILES string of the molecule is COCCCn1c(SCc2cc(C)ccc2C)nc2ccccc2c1=O. The maximum Gasteiger partial charge on any atom is 0.262 e. The van der Waals surface area contributed by atoms with Gasteiger partial charge in [0.1, 0.15) is 0 Å². The van der Waals surface area contributed by atoms with E-state index in [1.54, 1.807) is 23.4 Å². The number of thioether (sulfide) groups is 1. The van der Waals surface area contributed by atoms with Crippen molar-refractivity contribution >= 4 is 22.7 Å². The largest absolute Gasteiger partial charge is 0.385 e. The van der Waals surface area contributed by atoms with Crippen molar-refractivity contribution in [2.24, 2.45) is 0 Å². The first kappa shape index (κ1) is 18.7. The number of nitrogens with zero attached hydrogens (tertiary/aromatic N) is 2. The second kappa shape index (κ2) is 8.52. The van der Waals surface area contributed by atoms with E-state index in [-0.39, 0.29) is 5.56 Å². The minimum atomic E-state index is 0.0233. The molecule has 1 aromatic heterocycles. The standard InChI is InChI=1S/C21H24N2O2S/c1-15-9-10-16(2)17(13-15)14-26-21-22-19-8-5-4-7-18(19)20(24)23(21)11-6-12-25-3/h4-5,7-10,13H,6,11-12,14H2,1-3H3. The maximum atomic E-state index is 12.9. The molecule has 3 rings (SSSR count). The van der Waals surface area contributed by atoms with E-state index >= 15 is 0 Å². The lowest BCUT2D eigenvalue weighted by atomic mass is 10.1. The molecule has 4 nitrogen and oxygen atoms in total. The van der Waals surface area contributed by atoms with Crippen LogP contribution in [0.2, 0.25) is 0 Å². The van der Waals surface area contributed by atoms with Gasteiger partial charge in [-0.25, -0.2) is 4.98 Å². The molecule has 0 aliphatic rings. The first-order valence-corrected chi connectivity index (χ1v) is 9.76. The van der Waals surface area contributed by atoms with Gasteiger partial charge in [0.05, 0.1) is 10.9 Å². The third-order valence-electron chi connectivity index (χ3n) is 4.42. The van der Waals surface area contributed by atoms with Crippen LogP contribution in [0.3, 0.4) is 0 Å². The van der Waals surface area contributed by atoms with E-state index in [2.05, 4.69) is 32.0 Å². The zero-order chi connectivity index (χ0) is 18.5. The van der Waals surface area contributed by atoms with Crippen LogP contribution in [0.4, 0.5) is 0 Å². The van der Waals surface area contributed by atoms with Crippen LogP contribution >= 0.6 is 11.8 Å². The minimum absolute atomic E-state index is 0.0233. The van der Waals surface area contributed by atoms with Gasteiger partial charge in [-0.2, -0.15) is 0 Å². The molecular weight excluding hydrogens is 344 g/mol. The molecule has 5 heteroatoms. The fraction of sp³-hybridized carbons (Fsp3) is 0.333. The summed E-state index contributed by atoms with van der Waals surface area (Å²) in [4.78, 5) is 17.7. The van der Waals surface area contributed by atoms with Crippen LogP contribution in [0.25, 0.3) is 10.9 Å². The number of benzene rings is 2. The maximum absolute atomic E-state index is 12.9. The van der Waals surface area contributed by atoms with Crippen LogP contribution in [0, 0.1) is 13.8 Å². The van der Waals surface area contributed by atoms with Gasteiger partial charge in [-0.3, -0.25) is 9.36 Å². The molecular formula is C21H24N2O2S. The van der Waals surface area contributed by atoms with Crippen molar-refractivity contribution in [2.45, 2.75) is 37.7 Å². The normalized spacial score (nSPS) is 11.2. The molecule has 136 valence electrons. The Morgan fingerprint density at radius 3 is 2.77 bits per heavy atom. The highest BCUT2D eigenvalue weighted by Gasteiger charge is 2.12. The Kier molecular flexibility index (Phi) is 6.12. The van der Waals surface area contributed by atoms with E-state index in [1.165, 1.54) is 16.7 Å². The van der Waals surface area contributed by atoms with Crippen LogP contribution < -0.4 is 5.56 Å². The molecule has 0 aliphatic heterocycles. The van der Waals surface area contributed by atoms with E-state index in [0.717, 1.165) is 22.8 Å². The number of ether oxygens (including phenoxy) is 1. The van der Waals surface area contributed by atoms with E-state index in [1.807, 2.05) is 24.3 Å². The highest BCUT2D eigenvalue weighted by Crippen LogP contribution is 2.24. The van der Waals surface area contributed by atoms with Gasteiger partial charge in [-0.15, -0.1) is 0 Å². The number of rotatable bonds is 7. The van der Waals surface area contributed by atoms with Gasteiger partial charge in [-0.1, -0.05) is 47.7 Å². The molecule has 0 unspecified atom stereocenters. The number of hydrogen-bond acceptors (Lipinski definition) is 4. The van der Waals surface area contributed by atoms with Gasteiger partial charge in [0.15, 0.2) is 5.16 Å². The van der Waals surface area contributed by atoms with Crippen molar-refractivity contribution in [3.05, 3.63) is 69.5 Å². The highest BCUT2D eigenvalue weighted by molar-refractivity contribution is 7.98. The summed E-state index contributed by atoms with van der Waals surface area (Å²) in [7, 11) is 1.68. The summed E-state index contributed by atoms with van der Waals surface area (Å²) in [6, 6.07) is 14.0. The molecule has 0 radical (unpaired) electrons. The summed E-state index contributed by atoms with van der Waals surface area (Å²) in [5, 5.41) is 1.44. The van der Waals surface area contributed by atoms with Gasteiger partial charge in [0.25, 0.3) is 5.56 Å². The average molecular weight is 369 g/mol. The molecule has 0 saturated heterocycles. The quantitative estimate of drug-likeness (QED) is 0.353. The number of para-hydroxylation sites is 1. The van der Waals surface area contributed by atoms with Crippen molar-refractivity contribution in [1.82, 2.24) is 9.55 Å². The van der Waals surface area contributed by atoms with Crippen LogP contribution in [-0.4, -0.2) is 23.3 Å². The van der Waals surface area contributed by atoms with Gasteiger partial charge >= 0.3 is 0 Å². The van der Waals surface area contributed by atoms with Crippen LogP contribution in [-0.2, 0) is 17.0 Å². The molecule has 0 saturated carbocycles. The van der Waals surface area contributed by atoms with Gasteiger partial charge in [0.2, 0.25) is 0 Å². The Hall–Kier alpha value is -2.11. The topological polar surface area (TPSA) is 44.1 Å². The number of aromatic nitrogens is 2. The molecule has 2 aromatic carbocycles. The van der Waals surface area contributed by atoms with Crippen molar-refractivity contribution in [3.8, 4) is 0 Å². The smallest absolute Gasteiger partial charge is 0.262 e. The van der Waals surface area contributed by atoms with Crippen molar-refractivity contribution in [3.63, 3.8) is 0 Å². The zero-order valence-corrected chi connectivity index (χ0v) is 16.3. The first-order chi connectivity index (χ1) is 12.6. The highest BCUT2D eigenvalue weighted by atomic mass is 32.2. The fourth-order valence-corrected chi connectivity index (χ4v) is 4.01. The number of aryl methyl sites for hydroxylation is 2. The number of methoxy groups -OCH3 is 1. The number of hydrogen-bond donors (Lipinski definition) is 0. The summed E-state index contributed by atoms with van der Waals surface area (Å²) in [6.45, 7) is 5.46. The molecule has 0 atom stereocenters. The third-order valence-corrected chi connectivity index (χ3v) is 5.44. The van der Waals surface area contributed by atoms with Crippen LogP contribution in [0.5, 0.6) is 0 Å². The summed E-state index contributed by atoms with van der Waals surface area (Å²) in [5.74, 6) is 0.794. The molecule has 0 N–H and O–H groups in total. The van der Waals surface area contributed by atoms with E-state index in [9.17, 15) is 4.79 Å². The van der Waals surface area contributed by atoms with Crippen molar-refractivity contribution < 1.29 is 4.74 Å². The lowest BCUT2D eigenvalue weighted by Crippen LogP contribution is -2.24. The Morgan fingerprint density at radius 2 is 1.96 bits per heavy atom. The molecule has 0 amide bonds. The molecule has 0 fully saturated rings. The van der Waals surface area contributed by atoms with Gasteiger partial charge in [0, 0.05) is 26.0 Å². The number of fused-ring (bicyclic) bond motifs is 1. The Morgan fingerprint density at radius 1 is 1.15 bits per heavy atom. The summed E-state index contributed by atoms with van der Waals surface area (Å²) in [6.07, 6.45) is 0.785. The Labute approximate surface area is 158 Å². The third kappa shape index (κ3) is 4.17. The molecule has 0 bridgehead atoms. The van der Waals surface area contributed by atoms with Crippen molar-refractivity contribution in [2.75, 3.05) is 13.7 Å². The minimum Gasteiger partial charge on any atom is -0.385 e. The predicted octanol–water partition coefficient (Wildman–Crippen LogP) is 4.34. The van der Waals surface area contributed by atoms with E-state index < -0.39 is 0 Å². The first-order valence-electron chi connectivity index (χ1n) is 8.77. The summed E-state index contributed by atoms with van der Waals surface area (Å²) >= 11 is 1.62. The molecule has 3 aromatic rings. The van der Waals surface area contributed by atoms with Crippen LogP contribution in [0.1, 0.15) is 23.1 Å². The monoisotopic (exact) mass is 368 g/mol. The van der Waals surface area contributed by atoms with Gasteiger partial charge in [-0.05, 0) is 43.5 Å². The van der Waals surface area contributed by atoms with Crippen molar-refractivity contribution in [1.29, 1.82) is 0 Å². The average Bonchev–Trinajstić information content (AvgIpc) is 2.64. The second-order valence-electron chi connectivity index (χ2n) is 6.43. The molecule has 0 aliphatic carbocycles. The van der Waals surface area contributed by atoms with E-state index in [4.69, 9.17) is 9.72 Å². The summed E-state index contributed by atoms with van der Waals surface area (Å²) < 4.78 is 6.94. The summed E-state index contributed by atoms with van der Waals surface area (Å²) in [5.41, 5.74) is 4.56. The second-order valence-corrected chi connectivity index (χ2v) is 7.38. The van der Waals surface area contributed by atoms with Crippen LogP contribution in [0.15, 0.2) is 52.4 Å². The predicted molar refractivity (Wildman–Crippen MR) is 108 cm³/mol. The van der Waals surface area contributed by atoms with Gasteiger partial charge < -0.3 is 4.74 Å². The Bertz CT molecular complexity index is 966. The fourth-order valence-electron chi connectivity index (χ4n) is 2.92. The molecule has 26 heavy (non-hydrogen) atoms. The van der Waals surface area contributed by atoms with E-state index in [0.29, 0.717) is 18.5 Å². The lowest BCUT2D eigenvalue weighted by Gasteiger charge is -2.14. The lowest BCUT2D eigenvalue weighted by molar-refractivity contribution is 0.189. The molecule has 1 heterocycles. The Balaban J connectivity index is 1.95.